The van der Waals surface area contributed by atoms with Gasteiger partial charge < -0.3 is 5.32 Å². The number of rotatable bonds is 28. The summed E-state index contributed by atoms with van der Waals surface area (Å²) in [6, 6.07) is 0. The third-order valence-corrected chi connectivity index (χ3v) is 52.2. The lowest BCUT2D eigenvalue weighted by atomic mass is 9.97. The molecule has 536 valence electrons. The Morgan fingerprint density at radius 2 is 0.191 bits per heavy atom. The van der Waals surface area contributed by atoms with Crippen LogP contribution in [0, 0.1) is 0 Å². The molecule has 89 heavy (non-hydrogen) atoms. The van der Waals surface area contributed by atoms with Crippen LogP contribution in [0.25, 0.3) is 0 Å². The van der Waals surface area contributed by atoms with Gasteiger partial charge in [0.25, 0.3) is 0 Å². The lowest BCUT2D eigenvalue weighted by Crippen LogP contribution is -2.75. The van der Waals surface area contributed by atoms with Gasteiger partial charge in [0.1, 0.15) is 0 Å². The van der Waals surface area contributed by atoms with Crippen molar-refractivity contribution in [3.63, 3.8) is 0 Å². The van der Waals surface area contributed by atoms with Gasteiger partial charge in [-0.15, -0.1) is 0 Å². The standard InChI is InChI=1S/C30H5Cl58N/c31-3(32,5(35,36)7(39,40)9(43,44)11(47,48)13(51,52)15(55,56)17(59,60)19(63,64)21(67,68)23(71,72)25(75,76)27(79,80)29(83,84)85)1-89-2-4(33,34)6(37,38)8(41,42)10(45,46)12(49,50)14(53,54)16(57,58)18(61,62)20(65,66)22(69,70)24(73,74)26(77,78)28(81,82)30(86,87)88/h89H,1-2H2. The number of hydrogen-bond donors (Lipinski definition) is 1. The van der Waals surface area contributed by atoms with Gasteiger partial charge in [-0.2, -0.15) is 0 Å². The molecule has 0 aromatic heterocycles. The molecule has 0 aliphatic carbocycles. The van der Waals surface area contributed by atoms with Crippen LogP contribution in [0.3, 0.4) is 0 Å². The zero-order valence-electron chi connectivity index (χ0n) is 37.8. The summed E-state index contributed by atoms with van der Waals surface area (Å²) in [7, 11) is 0. The van der Waals surface area contributed by atoms with E-state index in [4.69, 9.17) is 673 Å². The smallest absolute Gasteiger partial charge is 0.226 e. The number of alkyl halides is 58. The Morgan fingerprint density at radius 3 is 0.281 bits per heavy atom. The average molecular weight is 2440 g/mol. The summed E-state index contributed by atoms with van der Waals surface area (Å²) in [6.07, 6.45) is 0. The first-order valence-electron chi connectivity index (χ1n) is 18.9. The summed E-state index contributed by atoms with van der Waals surface area (Å²) in [4.78, 5) is 0. The number of hydrogen-bond acceptors (Lipinski definition) is 1. The van der Waals surface area contributed by atoms with Crippen molar-refractivity contribution in [2.45, 2.75) is 120 Å². The van der Waals surface area contributed by atoms with Gasteiger partial charge in [0, 0.05) is 13.1 Å². The normalized spacial score (nSPS) is 17.5. The van der Waals surface area contributed by atoms with Crippen LogP contribution in [-0.2, 0) is 0 Å². The largest absolute Gasteiger partial charge is 0.311 e. The van der Waals surface area contributed by atoms with E-state index in [1.165, 1.54) is 0 Å². The van der Waals surface area contributed by atoms with E-state index in [1.54, 1.807) is 0 Å². The highest BCUT2D eigenvalue weighted by molar-refractivity contribution is 6.89. The van der Waals surface area contributed by atoms with E-state index < -0.39 is 133 Å². The summed E-state index contributed by atoms with van der Waals surface area (Å²) in [5.74, 6) is 0. The van der Waals surface area contributed by atoms with E-state index >= 15 is 0 Å². The Kier molecular flexibility index (Phi) is 38.0. The van der Waals surface area contributed by atoms with E-state index in [0.717, 1.165) is 0 Å². The van der Waals surface area contributed by atoms with Crippen molar-refractivity contribution in [2.24, 2.45) is 0 Å². The third kappa shape index (κ3) is 16.5. The molecule has 0 aromatic carbocycles. The second-order valence-electron chi connectivity index (χ2n) is 16.8. The van der Waals surface area contributed by atoms with Crippen molar-refractivity contribution in [3.8, 4) is 0 Å². The first-order chi connectivity index (χ1) is 37.2. The molecular formula is C30H5Cl58N. The lowest BCUT2D eigenvalue weighted by molar-refractivity contribution is 0.394. The molecule has 0 bridgehead atoms. The molecule has 59 heteroatoms. The van der Waals surface area contributed by atoms with Gasteiger partial charge in [-0.3, -0.25) is 0 Å². The van der Waals surface area contributed by atoms with E-state index in [0.29, 0.717) is 0 Å². The maximum absolute atomic E-state index is 6.69. The SMILES string of the molecule is ClC(Cl)(Cl)C(Cl)(Cl)C(Cl)(Cl)C(Cl)(Cl)C(Cl)(Cl)C(Cl)(Cl)C(Cl)(Cl)C(Cl)(Cl)C(Cl)(Cl)C(Cl)(Cl)C(Cl)(Cl)C(Cl)(Cl)C(Cl)(Cl)C(Cl)(Cl)CNCC(Cl)(Cl)C(Cl)(Cl)C(Cl)(Cl)C(Cl)(Cl)C(Cl)(Cl)C(Cl)(Cl)C(Cl)(Cl)C(Cl)(Cl)C(Cl)(Cl)C(Cl)(Cl)C(Cl)(Cl)C(Cl)(Cl)C(Cl)(Cl)C(Cl)(Cl)Cl. The fourth-order valence-electron chi connectivity index (χ4n) is 5.36. The van der Waals surface area contributed by atoms with E-state index in [-0.39, 0.29) is 0 Å². The number of halogens is 58. The summed E-state index contributed by atoms with van der Waals surface area (Å²) >= 11 is 377. The highest BCUT2D eigenvalue weighted by atomic mass is 35.6. The highest BCUT2D eigenvalue weighted by Crippen LogP contribution is 2.80. The first kappa shape index (κ1) is 106. The molecule has 0 aromatic rings. The van der Waals surface area contributed by atoms with Crippen molar-refractivity contribution in [1.29, 1.82) is 0 Å². The molecule has 0 saturated carbocycles. The predicted molar refractivity (Wildman–Crippen MR) is 429 cm³/mol. The van der Waals surface area contributed by atoms with Crippen LogP contribution in [0.15, 0.2) is 0 Å². The second-order valence-corrected chi connectivity index (χ2v) is 56.2. The van der Waals surface area contributed by atoms with Gasteiger partial charge in [0.15, 0.2) is 104 Å². The molecule has 0 aliphatic rings. The predicted octanol–water partition coefficient (Wildman–Crippen LogP) is 33.8. The van der Waals surface area contributed by atoms with Crippen LogP contribution < -0.4 is 5.32 Å². The molecule has 0 aliphatic heterocycles. The van der Waals surface area contributed by atoms with E-state index in [9.17, 15) is 0 Å². The Balaban J connectivity index is 7.63. The van der Waals surface area contributed by atoms with Gasteiger partial charge in [-0.25, -0.2) is 0 Å². The zero-order chi connectivity index (χ0) is 74.1. The minimum absolute atomic E-state index is 1.19. The molecule has 0 saturated heterocycles. The summed E-state index contributed by atoms with van der Waals surface area (Å²) in [5.41, 5.74) is 0. The van der Waals surface area contributed by atoms with Crippen molar-refractivity contribution >= 4 is 673 Å². The van der Waals surface area contributed by atoms with E-state index in [1.807, 2.05) is 0 Å². The molecule has 0 radical (unpaired) electrons. The lowest BCUT2D eigenvalue weighted by Gasteiger charge is -2.58. The maximum atomic E-state index is 6.69. The van der Waals surface area contributed by atoms with Gasteiger partial charge in [0.05, 0.1) is 0 Å². The average Bonchev–Trinajstić information content (AvgIpc) is 3.28. The molecule has 0 atom stereocenters. The van der Waals surface area contributed by atoms with Gasteiger partial charge in [-0.1, -0.05) is 673 Å². The van der Waals surface area contributed by atoms with Crippen molar-refractivity contribution in [2.75, 3.05) is 13.1 Å². The molecule has 0 heterocycles. The fourth-order valence-corrected chi connectivity index (χ4v) is 24.8. The second kappa shape index (κ2) is 32.0. The molecule has 0 unspecified atom stereocenters. The molecule has 1 nitrogen and oxygen atoms in total. The Labute approximate surface area is 796 Å². The first-order valence-corrected chi connectivity index (χ1v) is 40.8. The third-order valence-electron chi connectivity index (χ3n) is 11.0. The van der Waals surface area contributed by atoms with Gasteiger partial charge in [0.2, 0.25) is 16.3 Å². The summed E-state index contributed by atoms with van der Waals surface area (Å²) in [6.45, 7) is -2.37. The van der Waals surface area contributed by atoms with Crippen LogP contribution in [0.4, 0.5) is 0 Å². The molecule has 0 amide bonds. The van der Waals surface area contributed by atoms with Crippen molar-refractivity contribution in [3.05, 3.63) is 0 Å². The quantitative estimate of drug-likeness (QED) is 0.0770. The van der Waals surface area contributed by atoms with Crippen LogP contribution in [0.5, 0.6) is 0 Å². The molecule has 0 spiro atoms. The topological polar surface area (TPSA) is 12.0 Å². The molecule has 0 fully saturated rings. The Morgan fingerprint density at radius 1 is 0.112 bits per heavy atom. The van der Waals surface area contributed by atoms with Crippen LogP contribution in [0.2, 0.25) is 0 Å². The maximum Gasteiger partial charge on any atom is 0.226 e. The highest BCUT2D eigenvalue weighted by Gasteiger charge is 2.89. The van der Waals surface area contributed by atoms with Crippen LogP contribution >= 0.6 is 673 Å². The van der Waals surface area contributed by atoms with Gasteiger partial charge >= 0.3 is 0 Å². The minimum atomic E-state index is -3.77. The summed E-state index contributed by atoms with van der Waals surface area (Å²) in [5, 5.41) is 2.36. The van der Waals surface area contributed by atoms with Crippen LogP contribution in [0.1, 0.15) is 0 Å². The Hall–Kier alpha value is 16.8. The molecule has 0 rings (SSSR count). The zero-order valence-corrected chi connectivity index (χ0v) is 81.7. The molecule has 1 N–H and O–H groups in total. The van der Waals surface area contributed by atoms with E-state index in [2.05, 4.69) is 5.32 Å². The number of nitrogens with one attached hydrogen (secondary N) is 1. The van der Waals surface area contributed by atoms with Crippen LogP contribution in [-0.4, -0.2) is 133 Å². The van der Waals surface area contributed by atoms with Crippen molar-refractivity contribution in [1.82, 2.24) is 5.32 Å². The minimum Gasteiger partial charge on any atom is -0.311 e. The Bertz CT molecular complexity index is 2330. The monoisotopic (exact) mass is 2410 g/mol. The summed E-state index contributed by atoms with van der Waals surface area (Å²) < 4.78 is -98.1. The van der Waals surface area contributed by atoms with Crippen molar-refractivity contribution < 1.29 is 0 Å². The van der Waals surface area contributed by atoms with Gasteiger partial charge in [-0.05, 0) is 0 Å². The fraction of sp³-hybridized carbons (Fsp3) is 1.00. The molecular weight excluding hydrogens is 2430 g/mol.